The van der Waals surface area contributed by atoms with Gasteiger partial charge in [-0.2, -0.15) is 0 Å². The smallest absolute Gasteiger partial charge is 0.338 e. The number of hydrogen-bond donors (Lipinski definition) is 1. The van der Waals surface area contributed by atoms with E-state index >= 15 is 0 Å². The summed E-state index contributed by atoms with van der Waals surface area (Å²) in [5, 5.41) is 3.96. The van der Waals surface area contributed by atoms with Crippen molar-refractivity contribution >= 4 is 81.3 Å². The lowest BCUT2D eigenvalue weighted by molar-refractivity contribution is 0.0526. The number of benzene rings is 3. The number of anilines is 1. The van der Waals surface area contributed by atoms with Gasteiger partial charge in [0.25, 0.3) is 5.91 Å². The largest absolute Gasteiger partial charge is 0.494 e. The van der Waals surface area contributed by atoms with Crippen LogP contribution in [0.2, 0.25) is 20.1 Å². The second-order valence-electron chi connectivity index (χ2n) is 7.29. The van der Waals surface area contributed by atoms with Crippen LogP contribution in [-0.4, -0.2) is 30.7 Å². The number of amides is 1. The molecule has 0 aliphatic rings. The van der Waals surface area contributed by atoms with Gasteiger partial charge >= 0.3 is 5.97 Å². The van der Waals surface area contributed by atoms with Crippen molar-refractivity contribution in [1.82, 2.24) is 5.32 Å². The van der Waals surface area contributed by atoms with Gasteiger partial charge in [-0.1, -0.05) is 52.5 Å². The summed E-state index contributed by atoms with van der Waals surface area (Å²) in [6.07, 6.45) is 0. The first-order chi connectivity index (χ1) is 17.2. The van der Waals surface area contributed by atoms with Gasteiger partial charge in [0.15, 0.2) is 10.9 Å². The molecule has 3 aromatic rings. The SMILES string of the molecule is CCOC(=O)c1ccc(N(Cc2c(Cl)cccc2Cl)C(=S)NC(=O)c2cc(Cl)c(OC)c(Cl)c2)cc1. The lowest BCUT2D eigenvalue weighted by Crippen LogP contribution is -2.42. The highest BCUT2D eigenvalue weighted by Crippen LogP contribution is 2.34. The lowest BCUT2D eigenvalue weighted by atomic mass is 10.1. The molecule has 1 N–H and O–H groups in total. The minimum Gasteiger partial charge on any atom is -0.494 e. The molecule has 0 atom stereocenters. The molecule has 3 aromatic carbocycles. The molecule has 0 bridgehead atoms. The van der Waals surface area contributed by atoms with E-state index < -0.39 is 11.9 Å². The van der Waals surface area contributed by atoms with E-state index in [-0.39, 0.29) is 39.6 Å². The fraction of sp³-hybridized carbons (Fsp3) is 0.160. The summed E-state index contributed by atoms with van der Waals surface area (Å²) in [5.74, 6) is -0.729. The molecule has 3 rings (SSSR count). The number of ether oxygens (including phenoxy) is 2. The normalized spacial score (nSPS) is 10.5. The second kappa shape index (κ2) is 12.6. The minimum absolute atomic E-state index is 0.0583. The zero-order chi connectivity index (χ0) is 26.4. The van der Waals surface area contributed by atoms with Crippen molar-refractivity contribution < 1.29 is 19.1 Å². The van der Waals surface area contributed by atoms with E-state index in [0.717, 1.165) is 0 Å². The van der Waals surface area contributed by atoms with Crippen molar-refractivity contribution in [2.75, 3.05) is 18.6 Å². The summed E-state index contributed by atoms with van der Waals surface area (Å²) in [5.41, 5.74) is 1.73. The summed E-state index contributed by atoms with van der Waals surface area (Å²) in [6, 6.07) is 14.5. The molecule has 0 heterocycles. The van der Waals surface area contributed by atoms with Crippen LogP contribution in [0.25, 0.3) is 0 Å². The number of nitrogens with zero attached hydrogens (tertiary/aromatic N) is 1. The number of thiocarbonyl (C=S) groups is 1. The van der Waals surface area contributed by atoms with Gasteiger partial charge in [0.1, 0.15) is 0 Å². The van der Waals surface area contributed by atoms with Gasteiger partial charge in [-0.25, -0.2) is 4.79 Å². The molecule has 0 fully saturated rings. The third kappa shape index (κ3) is 6.60. The highest BCUT2D eigenvalue weighted by atomic mass is 35.5. The Morgan fingerprint density at radius 2 is 1.50 bits per heavy atom. The maximum atomic E-state index is 13.0. The molecule has 0 saturated carbocycles. The van der Waals surface area contributed by atoms with Gasteiger partial charge in [-0.15, -0.1) is 0 Å². The van der Waals surface area contributed by atoms with Crippen molar-refractivity contribution in [1.29, 1.82) is 0 Å². The number of halogens is 4. The molecule has 6 nitrogen and oxygen atoms in total. The number of esters is 1. The molecule has 36 heavy (non-hydrogen) atoms. The number of rotatable bonds is 7. The Balaban J connectivity index is 1.93. The Morgan fingerprint density at radius 3 is 2.03 bits per heavy atom. The van der Waals surface area contributed by atoms with Gasteiger partial charge in [-0.05, 0) is 67.7 Å². The predicted octanol–water partition coefficient (Wildman–Crippen LogP) is 7.21. The molecular formula is C25H20Cl4N2O4S. The van der Waals surface area contributed by atoms with Crippen LogP contribution in [-0.2, 0) is 11.3 Å². The van der Waals surface area contributed by atoms with Crippen LogP contribution in [0.1, 0.15) is 33.2 Å². The second-order valence-corrected chi connectivity index (χ2v) is 9.30. The van der Waals surface area contributed by atoms with Crippen molar-refractivity contribution in [3.05, 3.63) is 91.4 Å². The van der Waals surface area contributed by atoms with Crippen LogP contribution in [0.5, 0.6) is 5.75 Å². The number of hydrogen-bond acceptors (Lipinski definition) is 5. The Kier molecular flexibility index (Phi) is 9.82. The summed E-state index contributed by atoms with van der Waals surface area (Å²) >= 11 is 30.7. The Hall–Kier alpha value is -2.55. The standard InChI is InChI=1S/C25H20Cl4N2O4S/c1-3-35-24(33)14-7-9-16(10-8-14)31(13-17-18(26)5-4-6-19(17)27)25(36)30-23(32)15-11-20(28)22(34-2)21(29)12-15/h4-12H,3,13H2,1-2H3,(H,30,32,36). The van der Waals surface area contributed by atoms with Crippen molar-refractivity contribution in [3.63, 3.8) is 0 Å². The van der Waals surface area contributed by atoms with Gasteiger partial charge in [0.05, 0.1) is 35.9 Å². The fourth-order valence-electron chi connectivity index (χ4n) is 3.24. The highest BCUT2D eigenvalue weighted by Gasteiger charge is 2.21. The zero-order valence-electron chi connectivity index (χ0n) is 19.1. The first-order valence-electron chi connectivity index (χ1n) is 10.5. The van der Waals surface area contributed by atoms with Gasteiger partial charge in [0.2, 0.25) is 0 Å². The molecule has 0 aromatic heterocycles. The minimum atomic E-state index is -0.537. The van der Waals surface area contributed by atoms with Gasteiger partial charge in [-0.3, -0.25) is 10.1 Å². The molecule has 0 aliphatic carbocycles. The van der Waals surface area contributed by atoms with Gasteiger partial charge in [0, 0.05) is 26.9 Å². The zero-order valence-corrected chi connectivity index (χ0v) is 23.0. The van der Waals surface area contributed by atoms with E-state index in [0.29, 0.717) is 26.9 Å². The van der Waals surface area contributed by atoms with Crippen LogP contribution in [0.3, 0.4) is 0 Å². The number of carbonyl (C=O) groups is 2. The van der Waals surface area contributed by atoms with Gasteiger partial charge < -0.3 is 14.4 Å². The predicted molar refractivity (Wildman–Crippen MR) is 148 cm³/mol. The van der Waals surface area contributed by atoms with E-state index in [1.807, 2.05) is 0 Å². The lowest BCUT2D eigenvalue weighted by Gasteiger charge is -2.27. The molecule has 0 saturated heterocycles. The number of carbonyl (C=O) groups excluding carboxylic acids is 2. The molecule has 0 radical (unpaired) electrons. The van der Waals surface area contributed by atoms with E-state index in [1.54, 1.807) is 54.3 Å². The molecule has 0 spiro atoms. The maximum absolute atomic E-state index is 13.0. The average molecular weight is 586 g/mol. The number of nitrogens with one attached hydrogen (secondary N) is 1. The quantitative estimate of drug-likeness (QED) is 0.233. The van der Waals surface area contributed by atoms with E-state index in [4.69, 9.17) is 68.1 Å². The van der Waals surface area contributed by atoms with E-state index in [9.17, 15) is 9.59 Å². The summed E-state index contributed by atoms with van der Waals surface area (Å²) in [7, 11) is 1.42. The van der Waals surface area contributed by atoms with Crippen molar-refractivity contribution in [3.8, 4) is 5.75 Å². The van der Waals surface area contributed by atoms with Crippen molar-refractivity contribution in [2.24, 2.45) is 0 Å². The van der Waals surface area contributed by atoms with E-state index in [2.05, 4.69) is 5.32 Å². The van der Waals surface area contributed by atoms with Crippen LogP contribution in [0.15, 0.2) is 54.6 Å². The molecule has 0 unspecified atom stereocenters. The van der Waals surface area contributed by atoms with Crippen molar-refractivity contribution in [2.45, 2.75) is 13.5 Å². The third-order valence-electron chi connectivity index (χ3n) is 5.00. The first-order valence-corrected chi connectivity index (χ1v) is 12.4. The first kappa shape index (κ1) is 28.0. The summed E-state index contributed by atoms with van der Waals surface area (Å²) < 4.78 is 10.2. The molecule has 0 aliphatic heterocycles. The molecule has 1 amide bonds. The Labute approximate surface area is 234 Å². The molecule has 11 heteroatoms. The number of methoxy groups -OCH3 is 1. The average Bonchev–Trinajstić information content (AvgIpc) is 2.84. The van der Waals surface area contributed by atoms with Crippen LogP contribution in [0, 0.1) is 0 Å². The summed E-state index contributed by atoms with van der Waals surface area (Å²) in [6.45, 7) is 2.12. The molecular weight excluding hydrogens is 566 g/mol. The third-order valence-corrected chi connectivity index (χ3v) is 6.59. The Bertz CT molecular complexity index is 1260. The van der Waals surface area contributed by atoms with Crippen LogP contribution >= 0.6 is 58.6 Å². The van der Waals surface area contributed by atoms with Crippen LogP contribution in [0.4, 0.5) is 5.69 Å². The maximum Gasteiger partial charge on any atom is 0.338 e. The topological polar surface area (TPSA) is 67.9 Å². The van der Waals surface area contributed by atoms with Crippen LogP contribution < -0.4 is 15.0 Å². The fourth-order valence-corrected chi connectivity index (χ4v) is 4.66. The highest BCUT2D eigenvalue weighted by molar-refractivity contribution is 7.80. The monoisotopic (exact) mass is 584 g/mol. The summed E-state index contributed by atoms with van der Waals surface area (Å²) in [4.78, 5) is 26.7. The Morgan fingerprint density at radius 1 is 0.917 bits per heavy atom. The van der Waals surface area contributed by atoms with E-state index in [1.165, 1.54) is 19.2 Å². The molecule has 188 valence electrons.